The Hall–Kier alpha value is -4.27. The van der Waals surface area contributed by atoms with E-state index in [1.54, 1.807) is 24.3 Å². The molecule has 0 aliphatic rings. The molecule has 0 bridgehead atoms. The minimum atomic E-state index is -3.93. The summed E-state index contributed by atoms with van der Waals surface area (Å²) in [5.74, 6) is 0.201. The Labute approximate surface area is 241 Å². The molecule has 4 aromatic rings. The fourth-order valence-electron chi connectivity index (χ4n) is 4.37. The number of carbonyl (C=O) groups excluding carboxylic acids is 2. The van der Waals surface area contributed by atoms with Crippen LogP contribution in [-0.2, 0) is 19.6 Å². The van der Waals surface area contributed by atoms with Gasteiger partial charge in [0.05, 0.1) is 23.9 Å². The highest BCUT2D eigenvalue weighted by atomic mass is 32.2. The van der Waals surface area contributed by atoms with Crippen molar-refractivity contribution in [1.82, 2.24) is 10.0 Å². The average Bonchev–Trinajstić information content (AvgIpc) is 2.99. The van der Waals surface area contributed by atoms with Crippen LogP contribution in [0.15, 0.2) is 114 Å². The molecule has 4 rings (SSSR count). The third kappa shape index (κ3) is 8.61. The lowest BCUT2D eigenvalue weighted by Crippen LogP contribution is -2.39. The van der Waals surface area contributed by atoms with Crippen molar-refractivity contribution >= 4 is 21.7 Å². The van der Waals surface area contributed by atoms with Crippen LogP contribution in [0.5, 0.6) is 11.5 Å². The Morgan fingerprint density at radius 1 is 0.732 bits per heavy atom. The monoisotopic (exact) mass is 570 g/mol. The first-order valence-electron chi connectivity index (χ1n) is 13.5. The summed E-state index contributed by atoms with van der Waals surface area (Å²) in [6.07, 6.45) is 0.606. The number of rotatable bonds is 13. The minimum Gasteiger partial charge on any atom is -0.457 e. The van der Waals surface area contributed by atoms with E-state index >= 15 is 0 Å². The third-order valence-electron chi connectivity index (χ3n) is 6.45. The Kier molecular flexibility index (Phi) is 10.1. The van der Waals surface area contributed by atoms with Gasteiger partial charge in [0.15, 0.2) is 5.78 Å². The highest BCUT2D eigenvalue weighted by Gasteiger charge is 2.23. The van der Waals surface area contributed by atoms with Crippen LogP contribution in [0.25, 0.3) is 11.1 Å². The SMILES string of the molecule is CC(C)C[C@H](C(=O)NCC(=O)CNS(=O)(=O)c1ccc(Oc2ccccc2)cc1)c1cccc(-c2ccccc2)c1. The Morgan fingerprint density at radius 3 is 2.00 bits per heavy atom. The van der Waals surface area contributed by atoms with Crippen LogP contribution < -0.4 is 14.8 Å². The Bertz CT molecular complexity index is 1550. The molecular formula is C33H34N2O5S. The van der Waals surface area contributed by atoms with Crippen molar-refractivity contribution in [3.8, 4) is 22.6 Å². The molecule has 1 amide bonds. The van der Waals surface area contributed by atoms with Gasteiger partial charge in [-0.05, 0) is 65.4 Å². The first kappa shape index (κ1) is 29.7. The quantitative estimate of drug-likeness (QED) is 0.207. The molecule has 0 radical (unpaired) electrons. The zero-order valence-electron chi connectivity index (χ0n) is 23.1. The first-order chi connectivity index (χ1) is 19.7. The number of amides is 1. The lowest BCUT2D eigenvalue weighted by molar-refractivity contribution is -0.126. The largest absolute Gasteiger partial charge is 0.457 e. The number of benzene rings is 4. The third-order valence-corrected chi connectivity index (χ3v) is 7.87. The average molecular weight is 571 g/mol. The maximum absolute atomic E-state index is 13.2. The number of carbonyl (C=O) groups is 2. The molecule has 0 aliphatic heterocycles. The number of hydrogen-bond acceptors (Lipinski definition) is 5. The number of para-hydroxylation sites is 1. The van der Waals surface area contributed by atoms with Gasteiger partial charge < -0.3 is 10.1 Å². The maximum Gasteiger partial charge on any atom is 0.240 e. The van der Waals surface area contributed by atoms with Gasteiger partial charge in [0, 0.05) is 0 Å². The Morgan fingerprint density at radius 2 is 1.34 bits per heavy atom. The van der Waals surface area contributed by atoms with E-state index in [0.29, 0.717) is 17.9 Å². The van der Waals surface area contributed by atoms with E-state index in [9.17, 15) is 18.0 Å². The van der Waals surface area contributed by atoms with Crippen LogP contribution in [0.4, 0.5) is 0 Å². The van der Waals surface area contributed by atoms with Crippen LogP contribution >= 0.6 is 0 Å². The summed E-state index contributed by atoms with van der Waals surface area (Å²) in [6, 6.07) is 32.8. The zero-order chi connectivity index (χ0) is 29.2. The van der Waals surface area contributed by atoms with Crippen molar-refractivity contribution in [2.24, 2.45) is 5.92 Å². The summed E-state index contributed by atoms with van der Waals surface area (Å²) in [4.78, 5) is 25.7. The maximum atomic E-state index is 13.2. The van der Waals surface area contributed by atoms with Crippen molar-refractivity contribution < 1.29 is 22.7 Å². The topological polar surface area (TPSA) is 102 Å². The molecule has 0 aliphatic carbocycles. The molecule has 0 aromatic heterocycles. The zero-order valence-corrected chi connectivity index (χ0v) is 23.9. The summed E-state index contributed by atoms with van der Waals surface area (Å²) in [5, 5.41) is 2.71. The van der Waals surface area contributed by atoms with Crippen molar-refractivity contribution in [1.29, 1.82) is 0 Å². The molecule has 0 saturated heterocycles. The molecule has 1 atom stereocenters. The molecule has 8 heteroatoms. The molecule has 0 saturated carbocycles. The molecule has 212 valence electrons. The lowest BCUT2D eigenvalue weighted by atomic mass is 9.88. The van der Waals surface area contributed by atoms with Gasteiger partial charge in [0.25, 0.3) is 0 Å². The van der Waals surface area contributed by atoms with E-state index in [2.05, 4.69) is 10.0 Å². The lowest BCUT2D eigenvalue weighted by Gasteiger charge is -2.20. The highest BCUT2D eigenvalue weighted by molar-refractivity contribution is 7.89. The number of Topliss-reactive ketones (excluding diaryl/α,β-unsaturated/α-hetero) is 1. The number of ketones is 1. The van der Waals surface area contributed by atoms with E-state index in [1.165, 1.54) is 12.1 Å². The number of hydrogen-bond donors (Lipinski definition) is 2. The van der Waals surface area contributed by atoms with Gasteiger partial charge in [0.2, 0.25) is 15.9 Å². The van der Waals surface area contributed by atoms with Crippen molar-refractivity contribution in [3.63, 3.8) is 0 Å². The van der Waals surface area contributed by atoms with E-state index < -0.39 is 28.3 Å². The van der Waals surface area contributed by atoms with E-state index in [4.69, 9.17) is 4.74 Å². The molecule has 41 heavy (non-hydrogen) atoms. The van der Waals surface area contributed by atoms with E-state index in [-0.39, 0.29) is 23.3 Å². The van der Waals surface area contributed by atoms with Crippen molar-refractivity contribution in [2.75, 3.05) is 13.1 Å². The minimum absolute atomic E-state index is 0.00467. The van der Waals surface area contributed by atoms with Crippen molar-refractivity contribution in [3.05, 3.63) is 115 Å². The van der Waals surface area contributed by atoms with Gasteiger partial charge in [-0.15, -0.1) is 0 Å². The molecular weight excluding hydrogens is 536 g/mol. The summed E-state index contributed by atoms with van der Waals surface area (Å²) >= 11 is 0. The normalized spacial score (nSPS) is 12.1. The fraction of sp³-hybridized carbons (Fsp3) is 0.212. The summed E-state index contributed by atoms with van der Waals surface area (Å²) < 4.78 is 33.4. The first-order valence-corrected chi connectivity index (χ1v) is 15.0. The smallest absolute Gasteiger partial charge is 0.240 e. The van der Waals surface area contributed by atoms with Gasteiger partial charge >= 0.3 is 0 Å². The van der Waals surface area contributed by atoms with Crippen LogP contribution in [0.3, 0.4) is 0 Å². The molecule has 4 aromatic carbocycles. The summed E-state index contributed by atoms with van der Waals surface area (Å²) in [7, 11) is -3.93. The molecule has 0 heterocycles. The molecule has 7 nitrogen and oxygen atoms in total. The summed E-state index contributed by atoms with van der Waals surface area (Å²) in [6.45, 7) is 3.37. The van der Waals surface area contributed by atoms with Gasteiger partial charge in [-0.1, -0.05) is 86.6 Å². The molecule has 0 unspecified atom stereocenters. The molecule has 0 spiro atoms. The second-order valence-electron chi connectivity index (χ2n) is 10.1. The van der Waals surface area contributed by atoms with Gasteiger partial charge in [-0.25, -0.2) is 13.1 Å². The van der Waals surface area contributed by atoms with Crippen LogP contribution in [-0.4, -0.2) is 33.2 Å². The fourth-order valence-corrected chi connectivity index (χ4v) is 5.39. The van der Waals surface area contributed by atoms with Gasteiger partial charge in [-0.3, -0.25) is 9.59 Å². The number of nitrogens with one attached hydrogen (secondary N) is 2. The highest BCUT2D eigenvalue weighted by Crippen LogP contribution is 2.28. The van der Waals surface area contributed by atoms with Gasteiger partial charge in [-0.2, -0.15) is 0 Å². The predicted molar refractivity (Wildman–Crippen MR) is 160 cm³/mol. The van der Waals surface area contributed by atoms with Crippen LogP contribution in [0.2, 0.25) is 0 Å². The summed E-state index contributed by atoms with van der Waals surface area (Å²) in [5.41, 5.74) is 2.93. The second kappa shape index (κ2) is 13.9. The predicted octanol–water partition coefficient (Wildman–Crippen LogP) is 5.94. The molecule has 0 fully saturated rings. The van der Waals surface area contributed by atoms with Crippen LogP contribution in [0, 0.1) is 5.92 Å². The number of ether oxygens (including phenoxy) is 1. The second-order valence-corrected chi connectivity index (χ2v) is 11.9. The number of sulfonamides is 1. The molecule has 2 N–H and O–H groups in total. The van der Waals surface area contributed by atoms with Crippen molar-refractivity contribution in [2.45, 2.75) is 31.1 Å². The van der Waals surface area contributed by atoms with Gasteiger partial charge in [0.1, 0.15) is 11.5 Å². The van der Waals surface area contributed by atoms with E-state index in [0.717, 1.165) is 16.7 Å². The van der Waals surface area contributed by atoms with Crippen LogP contribution in [0.1, 0.15) is 31.7 Å². The Balaban J connectivity index is 1.33. The van der Waals surface area contributed by atoms with E-state index in [1.807, 2.05) is 86.6 Å². The standard InChI is InChI=1S/C33H34N2O5S/c1-24(2)20-32(27-13-9-12-26(21-27)25-10-5-3-6-11-25)33(37)34-22-28(36)23-35-41(38,39)31-18-16-30(17-19-31)40-29-14-7-4-8-15-29/h3-19,21,24,32,35H,20,22-23H2,1-2H3,(H,34,37)/t32-/m0/s1.